The highest BCUT2D eigenvalue weighted by atomic mass is 16.5. The maximum absolute atomic E-state index is 13.1. The summed E-state index contributed by atoms with van der Waals surface area (Å²) < 4.78 is 6.18. The lowest BCUT2D eigenvalue weighted by Crippen LogP contribution is -2.56. The average Bonchev–Trinajstić information content (AvgIpc) is 3.23. The van der Waals surface area contributed by atoms with Crippen LogP contribution in [0.1, 0.15) is 39.5 Å². The number of aliphatic hydroxyl groups is 1. The topological polar surface area (TPSA) is 108 Å². The Morgan fingerprint density at radius 1 is 1.42 bits per heavy atom. The predicted molar refractivity (Wildman–Crippen MR) is 93.0 cm³/mol. The van der Waals surface area contributed by atoms with Crippen LogP contribution in [0.4, 0.5) is 0 Å². The highest BCUT2D eigenvalue weighted by molar-refractivity contribution is 5.98. The zero-order chi connectivity index (χ0) is 19.1. The molecular formula is C18H29N3O5. The first kappa shape index (κ1) is 19.1. The molecule has 6 atom stereocenters. The number of hydrogen-bond acceptors (Lipinski definition) is 5. The van der Waals surface area contributed by atoms with Crippen molar-refractivity contribution >= 4 is 17.7 Å². The van der Waals surface area contributed by atoms with E-state index in [1.807, 2.05) is 13.8 Å². The summed E-state index contributed by atoms with van der Waals surface area (Å²) >= 11 is 0. The number of fused-ring (bicyclic) bond motifs is 1. The molecule has 3 saturated heterocycles. The van der Waals surface area contributed by atoms with Gasteiger partial charge in [0.25, 0.3) is 0 Å². The maximum Gasteiger partial charge on any atom is 0.246 e. The largest absolute Gasteiger partial charge is 0.395 e. The molecule has 3 N–H and O–H groups in total. The van der Waals surface area contributed by atoms with Crippen LogP contribution in [0.2, 0.25) is 0 Å². The fraction of sp³-hybridized carbons (Fsp3) is 0.833. The van der Waals surface area contributed by atoms with Crippen LogP contribution in [0.5, 0.6) is 0 Å². The van der Waals surface area contributed by atoms with Crippen LogP contribution in [0.3, 0.4) is 0 Å². The maximum atomic E-state index is 13.1. The van der Waals surface area contributed by atoms with E-state index in [-0.39, 0.29) is 43.0 Å². The van der Waals surface area contributed by atoms with E-state index in [1.165, 1.54) is 4.90 Å². The second-order valence-electron chi connectivity index (χ2n) is 7.62. The molecule has 26 heavy (non-hydrogen) atoms. The van der Waals surface area contributed by atoms with Crippen molar-refractivity contribution < 1.29 is 24.2 Å². The number of ether oxygens (including phenoxy) is 1. The Morgan fingerprint density at radius 2 is 2.15 bits per heavy atom. The number of carbonyl (C=O) groups is 3. The van der Waals surface area contributed by atoms with E-state index in [2.05, 4.69) is 10.6 Å². The smallest absolute Gasteiger partial charge is 0.246 e. The number of β-amino-alcohol motifs (C(OH)–C–C–N with tert-alkyl or cyclic N) is 1. The van der Waals surface area contributed by atoms with Gasteiger partial charge in [-0.05, 0) is 26.2 Å². The van der Waals surface area contributed by atoms with Gasteiger partial charge in [0.05, 0.1) is 24.5 Å². The molecule has 3 amide bonds. The van der Waals surface area contributed by atoms with E-state index in [0.29, 0.717) is 12.8 Å². The van der Waals surface area contributed by atoms with Crippen molar-refractivity contribution in [2.24, 2.45) is 11.8 Å². The van der Waals surface area contributed by atoms with Crippen LogP contribution in [0.15, 0.2) is 0 Å². The van der Waals surface area contributed by atoms with Gasteiger partial charge in [0.15, 0.2) is 0 Å². The minimum Gasteiger partial charge on any atom is -0.395 e. The van der Waals surface area contributed by atoms with E-state index in [0.717, 1.165) is 12.8 Å². The SMILES string of the molecule is CCCC(C)NC(=O)C1N(CCO)C(=O)[C@@H]2[C@@H](C(=O)NC)[C@H]3CCC12O3. The predicted octanol–water partition coefficient (Wildman–Crippen LogP) is -0.596. The van der Waals surface area contributed by atoms with Crippen molar-refractivity contribution in [2.45, 2.75) is 63.3 Å². The van der Waals surface area contributed by atoms with Crippen LogP contribution in [0, 0.1) is 11.8 Å². The molecule has 0 aromatic rings. The number of amides is 3. The molecule has 1 spiro atoms. The molecule has 8 heteroatoms. The summed E-state index contributed by atoms with van der Waals surface area (Å²) in [6, 6.07) is -0.812. The molecule has 3 rings (SSSR count). The highest BCUT2D eigenvalue weighted by Gasteiger charge is 2.74. The molecule has 8 nitrogen and oxygen atoms in total. The second-order valence-corrected chi connectivity index (χ2v) is 7.62. The minimum absolute atomic E-state index is 0.0117. The van der Waals surface area contributed by atoms with Gasteiger partial charge in [-0.3, -0.25) is 14.4 Å². The van der Waals surface area contributed by atoms with Gasteiger partial charge in [-0.15, -0.1) is 0 Å². The standard InChI is InChI=1S/C18H29N3O5/c1-4-5-10(2)20-16(24)14-18-7-6-11(26-18)12(15(23)19-3)13(18)17(25)21(14)8-9-22/h10-14,22H,4-9H2,1-3H3,(H,19,23)(H,20,24)/t10?,11-,12+,13+,14?,18?/m1/s1. The van der Waals surface area contributed by atoms with Crippen molar-refractivity contribution in [2.75, 3.05) is 20.2 Å². The van der Waals surface area contributed by atoms with Crippen LogP contribution in [-0.2, 0) is 19.1 Å². The molecule has 3 fully saturated rings. The van der Waals surface area contributed by atoms with Gasteiger partial charge in [-0.2, -0.15) is 0 Å². The first-order valence-corrected chi connectivity index (χ1v) is 9.52. The Bertz CT molecular complexity index is 597. The number of aliphatic hydroxyl groups excluding tert-OH is 1. The monoisotopic (exact) mass is 367 g/mol. The molecule has 3 heterocycles. The molecule has 0 aliphatic carbocycles. The van der Waals surface area contributed by atoms with Gasteiger partial charge in [0.2, 0.25) is 17.7 Å². The molecule has 0 saturated carbocycles. The summed E-state index contributed by atoms with van der Waals surface area (Å²) in [5.41, 5.74) is -0.968. The summed E-state index contributed by atoms with van der Waals surface area (Å²) in [7, 11) is 1.54. The molecule has 0 radical (unpaired) electrons. The molecule has 146 valence electrons. The molecule has 3 aliphatic heterocycles. The van der Waals surface area contributed by atoms with Gasteiger partial charge in [0.1, 0.15) is 11.6 Å². The van der Waals surface area contributed by atoms with E-state index in [4.69, 9.17) is 4.74 Å². The van der Waals surface area contributed by atoms with Crippen molar-refractivity contribution in [3.05, 3.63) is 0 Å². The van der Waals surface area contributed by atoms with Gasteiger partial charge >= 0.3 is 0 Å². The van der Waals surface area contributed by atoms with E-state index in [1.54, 1.807) is 7.05 Å². The molecule has 0 aromatic heterocycles. The highest BCUT2D eigenvalue weighted by Crippen LogP contribution is 2.58. The van der Waals surface area contributed by atoms with Crippen LogP contribution in [-0.4, -0.2) is 71.7 Å². The first-order valence-electron chi connectivity index (χ1n) is 9.52. The van der Waals surface area contributed by atoms with E-state index in [9.17, 15) is 19.5 Å². The molecule has 0 aromatic carbocycles. The number of hydrogen-bond donors (Lipinski definition) is 3. The number of likely N-dealkylation sites (tertiary alicyclic amines) is 1. The number of nitrogens with one attached hydrogen (secondary N) is 2. The van der Waals surface area contributed by atoms with Crippen molar-refractivity contribution in [3.8, 4) is 0 Å². The number of rotatable bonds is 7. The summed E-state index contributed by atoms with van der Waals surface area (Å²) in [5, 5.41) is 15.0. The fourth-order valence-corrected chi connectivity index (χ4v) is 5.10. The summed E-state index contributed by atoms with van der Waals surface area (Å²) in [4.78, 5) is 40.0. The zero-order valence-electron chi connectivity index (χ0n) is 15.7. The van der Waals surface area contributed by atoms with Gasteiger partial charge in [0, 0.05) is 19.6 Å². The molecule has 3 unspecified atom stereocenters. The van der Waals surface area contributed by atoms with Crippen molar-refractivity contribution in [1.29, 1.82) is 0 Å². The van der Waals surface area contributed by atoms with Gasteiger partial charge < -0.3 is 25.4 Å². The molecular weight excluding hydrogens is 338 g/mol. The minimum atomic E-state index is -0.968. The normalized spacial score (nSPS) is 36.2. The van der Waals surface area contributed by atoms with E-state index < -0.39 is 23.5 Å². The Balaban J connectivity index is 1.93. The Kier molecular flexibility index (Phi) is 5.25. The number of carbonyl (C=O) groups excluding carboxylic acids is 3. The fourth-order valence-electron chi connectivity index (χ4n) is 5.10. The Morgan fingerprint density at radius 3 is 2.77 bits per heavy atom. The third-order valence-corrected chi connectivity index (χ3v) is 6.05. The van der Waals surface area contributed by atoms with Gasteiger partial charge in [-0.25, -0.2) is 0 Å². The lowest BCUT2D eigenvalue weighted by molar-refractivity contribution is -0.142. The lowest BCUT2D eigenvalue weighted by Gasteiger charge is -2.34. The van der Waals surface area contributed by atoms with Crippen LogP contribution in [0.25, 0.3) is 0 Å². The zero-order valence-corrected chi connectivity index (χ0v) is 15.7. The van der Waals surface area contributed by atoms with Crippen LogP contribution >= 0.6 is 0 Å². The summed E-state index contributed by atoms with van der Waals surface area (Å²) in [6.07, 6.45) is 2.68. The van der Waals surface area contributed by atoms with E-state index >= 15 is 0 Å². The lowest BCUT2D eigenvalue weighted by atomic mass is 9.70. The summed E-state index contributed by atoms with van der Waals surface area (Å²) in [6.45, 7) is 3.80. The quantitative estimate of drug-likeness (QED) is 0.557. The second kappa shape index (κ2) is 7.15. The van der Waals surface area contributed by atoms with Crippen molar-refractivity contribution in [3.63, 3.8) is 0 Å². The van der Waals surface area contributed by atoms with Crippen molar-refractivity contribution in [1.82, 2.24) is 15.5 Å². The summed E-state index contributed by atoms with van der Waals surface area (Å²) in [5.74, 6) is -1.98. The first-order chi connectivity index (χ1) is 12.4. The Hall–Kier alpha value is -1.67. The third kappa shape index (κ3) is 2.70. The Labute approximate surface area is 153 Å². The third-order valence-electron chi connectivity index (χ3n) is 6.05. The number of nitrogens with zero attached hydrogens (tertiary/aromatic N) is 1. The average molecular weight is 367 g/mol. The molecule has 3 aliphatic rings. The van der Waals surface area contributed by atoms with Gasteiger partial charge in [-0.1, -0.05) is 13.3 Å². The molecule has 2 bridgehead atoms. The van der Waals surface area contributed by atoms with Crippen LogP contribution < -0.4 is 10.6 Å².